The molecule has 182 valence electrons. The first-order valence-corrected chi connectivity index (χ1v) is 13.4. The standard InChI is InChI=1S/C26H28ClN5O2S/c1-16(2)14-31-24(34)20-12-11-17(23(33)28-19-8-4-5-9-19)13-22(20)32-25(31)29-30-26(32)35-15-18-7-3-6-10-21(18)27/h3,6-7,10-13,16,19H,4-5,8-9,14-15H2,1-2H3,(H,28,33). The summed E-state index contributed by atoms with van der Waals surface area (Å²) in [6, 6.07) is 13.2. The van der Waals surface area contributed by atoms with E-state index in [1.165, 1.54) is 11.8 Å². The van der Waals surface area contributed by atoms with Gasteiger partial charge >= 0.3 is 0 Å². The van der Waals surface area contributed by atoms with Crippen LogP contribution in [-0.4, -0.2) is 31.1 Å². The van der Waals surface area contributed by atoms with Gasteiger partial charge in [-0.3, -0.25) is 18.6 Å². The Morgan fingerprint density at radius 1 is 1.17 bits per heavy atom. The summed E-state index contributed by atoms with van der Waals surface area (Å²) in [5, 5.41) is 13.8. The molecule has 4 aromatic rings. The number of rotatable bonds is 7. The summed E-state index contributed by atoms with van der Waals surface area (Å²) in [4.78, 5) is 26.4. The number of fused-ring (bicyclic) bond motifs is 3. The molecular formula is C26H28ClN5O2S. The number of nitrogens with one attached hydrogen (secondary N) is 1. The van der Waals surface area contributed by atoms with Crippen LogP contribution < -0.4 is 10.9 Å². The van der Waals surface area contributed by atoms with Crippen molar-refractivity contribution in [1.82, 2.24) is 24.5 Å². The molecule has 2 aromatic carbocycles. The van der Waals surface area contributed by atoms with Crippen molar-refractivity contribution in [2.45, 2.75) is 63.0 Å². The van der Waals surface area contributed by atoms with Crippen molar-refractivity contribution < 1.29 is 4.79 Å². The van der Waals surface area contributed by atoms with Crippen molar-refractivity contribution in [1.29, 1.82) is 0 Å². The zero-order valence-electron chi connectivity index (χ0n) is 19.8. The van der Waals surface area contributed by atoms with E-state index in [2.05, 4.69) is 29.4 Å². The summed E-state index contributed by atoms with van der Waals surface area (Å²) < 4.78 is 3.57. The first-order valence-electron chi connectivity index (χ1n) is 12.0. The van der Waals surface area contributed by atoms with Gasteiger partial charge in [0.1, 0.15) is 0 Å². The molecule has 9 heteroatoms. The Morgan fingerprint density at radius 3 is 2.69 bits per heavy atom. The lowest BCUT2D eigenvalue weighted by Gasteiger charge is -2.15. The first kappa shape index (κ1) is 23.9. The molecular weight excluding hydrogens is 482 g/mol. The molecule has 2 heterocycles. The smallest absolute Gasteiger partial charge is 0.262 e. The summed E-state index contributed by atoms with van der Waals surface area (Å²) in [7, 11) is 0. The molecule has 35 heavy (non-hydrogen) atoms. The van der Waals surface area contributed by atoms with Gasteiger partial charge in [0.2, 0.25) is 5.78 Å². The van der Waals surface area contributed by atoms with Crippen molar-refractivity contribution >= 4 is 46.0 Å². The second-order valence-corrected chi connectivity index (χ2v) is 10.8. The Hall–Kier alpha value is -2.84. The summed E-state index contributed by atoms with van der Waals surface area (Å²) in [6.45, 7) is 4.65. The highest BCUT2D eigenvalue weighted by Crippen LogP contribution is 2.28. The number of carbonyl (C=O) groups is 1. The van der Waals surface area contributed by atoms with Gasteiger partial charge in [-0.25, -0.2) is 0 Å². The van der Waals surface area contributed by atoms with E-state index < -0.39 is 0 Å². The Bertz CT molecular complexity index is 1460. The number of carbonyl (C=O) groups excluding carboxylic acids is 1. The number of amides is 1. The van der Waals surface area contributed by atoms with Gasteiger partial charge in [-0.1, -0.05) is 68.3 Å². The number of hydrogen-bond donors (Lipinski definition) is 1. The van der Waals surface area contributed by atoms with Crippen LogP contribution in [0.2, 0.25) is 5.02 Å². The topological polar surface area (TPSA) is 81.3 Å². The average Bonchev–Trinajstić information content (AvgIpc) is 3.51. The van der Waals surface area contributed by atoms with E-state index >= 15 is 0 Å². The quantitative estimate of drug-likeness (QED) is 0.341. The van der Waals surface area contributed by atoms with E-state index in [9.17, 15) is 9.59 Å². The molecule has 1 saturated carbocycles. The third kappa shape index (κ3) is 4.82. The van der Waals surface area contributed by atoms with Crippen LogP contribution in [0.3, 0.4) is 0 Å². The van der Waals surface area contributed by atoms with Crippen LogP contribution in [0.4, 0.5) is 0 Å². The maximum Gasteiger partial charge on any atom is 0.262 e. The van der Waals surface area contributed by atoms with Crippen molar-refractivity contribution in [3.8, 4) is 0 Å². The predicted molar refractivity (Wildman–Crippen MR) is 140 cm³/mol. The normalized spacial score (nSPS) is 14.4. The first-order chi connectivity index (χ1) is 16.9. The van der Waals surface area contributed by atoms with Crippen molar-refractivity contribution in [2.75, 3.05) is 0 Å². The van der Waals surface area contributed by atoms with E-state index in [1.807, 2.05) is 28.7 Å². The molecule has 7 nitrogen and oxygen atoms in total. The lowest BCUT2D eigenvalue weighted by molar-refractivity contribution is 0.0938. The fourth-order valence-corrected chi connectivity index (χ4v) is 5.87. The van der Waals surface area contributed by atoms with Gasteiger partial charge < -0.3 is 5.32 Å². The zero-order chi connectivity index (χ0) is 24.5. The third-order valence-electron chi connectivity index (χ3n) is 6.39. The summed E-state index contributed by atoms with van der Waals surface area (Å²) >= 11 is 7.86. The fraction of sp³-hybridized carbons (Fsp3) is 0.385. The number of aromatic nitrogens is 4. The van der Waals surface area contributed by atoms with Gasteiger partial charge in [0, 0.05) is 28.9 Å². The number of benzene rings is 2. The van der Waals surface area contributed by atoms with Crippen LogP contribution in [0, 0.1) is 5.92 Å². The molecule has 0 aliphatic heterocycles. The van der Waals surface area contributed by atoms with Crippen LogP contribution in [-0.2, 0) is 12.3 Å². The van der Waals surface area contributed by atoms with Crippen LogP contribution in [0.5, 0.6) is 0 Å². The highest BCUT2D eigenvalue weighted by Gasteiger charge is 2.21. The molecule has 1 amide bonds. The van der Waals surface area contributed by atoms with E-state index in [-0.39, 0.29) is 23.4 Å². The summed E-state index contributed by atoms with van der Waals surface area (Å²) in [5.74, 6) is 1.22. The SMILES string of the molecule is CC(C)Cn1c(=O)c2ccc(C(=O)NC3CCCC3)cc2n2c(SCc3ccccc3Cl)nnc12. The van der Waals surface area contributed by atoms with Crippen LogP contribution in [0.15, 0.2) is 52.4 Å². The van der Waals surface area contributed by atoms with Crippen molar-refractivity contribution in [3.63, 3.8) is 0 Å². The minimum Gasteiger partial charge on any atom is -0.349 e. The second kappa shape index (κ2) is 10.0. The molecule has 0 spiro atoms. The van der Waals surface area contributed by atoms with Gasteiger partial charge in [-0.15, -0.1) is 10.2 Å². The molecule has 1 N–H and O–H groups in total. The van der Waals surface area contributed by atoms with Gasteiger partial charge in [0.25, 0.3) is 11.5 Å². The van der Waals surface area contributed by atoms with E-state index in [1.54, 1.807) is 22.8 Å². The molecule has 2 aromatic heterocycles. The van der Waals surface area contributed by atoms with Crippen LogP contribution in [0.25, 0.3) is 16.7 Å². The number of hydrogen-bond acceptors (Lipinski definition) is 5. The largest absolute Gasteiger partial charge is 0.349 e. The zero-order valence-corrected chi connectivity index (χ0v) is 21.4. The Balaban J connectivity index is 1.61. The maximum absolute atomic E-state index is 13.4. The van der Waals surface area contributed by atoms with Gasteiger partial charge in [-0.2, -0.15) is 0 Å². The van der Waals surface area contributed by atoms with Crippen LogP contribution >= 0.6 is 23.4 Å². The number of nitrogens with zero attached hydrogens (tertiary/aromatic N) is 4. The van der Waals surface area contributed by atoms with Gasteiger partial charge in [0.15, 0.2) is 5.16 Å². The molecule has 0 atom stereocenters. The third-order valence-corrected chi connectivity index (χ3v) is 7.73. The van der Waals surface area contributed by atoms with Gasteiger partial charge in [0.05, 0.1) is 10.9 Å². The van der Waals surface area contributed by atoms with Crippen LogP contribution in [0.1, 0.15) is 55.5 Å². The number of thioether (sulfide) groups is 1. The summed E-state index contributed by atoms with van der Waals surface area (Å²) in [5.41, 5.74) is 2.03. The fourth-order valence-electron chi connectivity index (χ4n) is 4.64. The lowest BCUT2D eigenvalue weighted by Crippen LogP contribution is -2.32. The molecule has 0 bridgehead atoms. The Kier molecular flexibility index (Phi) is 6.84. The molecule has 1 aliphatic carbocycles. The molecule has 0 saturated heterocycles. The van der Waals surface area contributed by atoms with Crippen molar-refractivity contribution in [3.05, 3.63) is 69.0 Å². The summed E-state index contributed by atoms with van der Waals surface area (Å²) in [6.07, 6.45) is 4.31. The predicted octanol–water partition coefficient (Wildman–Crippen LogP) is 5.32. The van der Waals surface area contributed by atoms with Crippen molar-refractivity contribution in [2.24, 2.45) is 5.92 Å². The molecule has 1 fully saturated rings. The lowest BCUT2D eigenvalue weighted by atomic mass is 10.1. The molecule has 5 rings (SSSR count). The Labute approximate surface area is 212 Å². The molecule has 0 radical (unpaired) electrons. The van der Waals surface area contributed by atoms with E-state index in [0.717, 1.165) is 31.2 Å². The van der Waals surface area contributed by atoms with Gasteiger partial charge in [-0.05, 0) is 48.6 Å². The maximum atomic E-state index is 13.4. The molecule has 1 aliphatic rings. The number of halogens is 1. The van der Waals surface area contributed by atoms with E-state index in [0.29, 0.717) is 44.7 Å². The minimum absolute atomic E-state index is 0.114. The monoisotopic (exact) mass is 509 g/mol. The Morgan fingerprint density at radius 2 is 1.94 bits per heavy atom. The second-order valence-electron chi connectivity index (χ2n) is 9.49. The molecule has 0 unspecified atom stereocenters. The average molecular weight is 510 g/mol. The minimum atomic E-state index is -0.126. The highest BCUT2D eigenvalue weighted by atomic mass is 35.5. The highest BCUT2D eigenvalue weighted by molar-refractivity contribution is 7.98. The van der Waals surface area contributed by atoms with E-state index in [4.69, 9.17) is 11.6 Å².